The molecule has 1 fully saturated rings. The fourth-order valence-electron chi connectivity index (χ4n) is 3.85. The van der Waals surface area contributed by atoms with Crippen LogP contribution in [0.4, 0.5) is 10.1 Å². The third-order valence-corrected chi connectivity index (χ3v) is 7.85. The lowest BCUT2D eigenvalue weighted by atomic mass is 9.64. The van der Waals surface area contributed by atoms with Crippen LogP contribution in [-0.2, 0) is 20.2 Å². The van der Waals surface area contributed by atoms with Gasteiger partial charge in [0.25, 0.3) is 0 Å². The molecule has 8 heteroatoms. The standard InChI is InChI=1S/C22H27FN2O4S/c1-4-25(5-2)30(27,28)18-11-12-20(29-3)19(15-18)24-21(26)22(13-6-14-22)16-7-9-17(23)10-8-16/h7-12,15H,4-6,13-14H2,1-3H3,(H,24,26). The van der Waals surface area contributed by atoms with Crippen LogP contribution in [0, 0.1) is 5.82 Å². The molecule has 0 unspecified atom stereocenters. The summed E-state index contributed by atoms with van der Waals surface area (Å²) in [5, 5.41) is 2.86. The van der Waals surface area contributed by atoms with Crippen LogP contribution in [0.1, 0.15) is 38.7 Å². The van der Waals surface area contributed by atoms with Gasteiger partial charge in [-0.1, -0.05) is 32.4 Å². The van der Waals surface area contributed by atoms with Crippen molar-refractivity contribution < 1.29 is 22.3 Å². The average Bonchev–Trinajstić information content (AvgIpc) is 2.69. The zero-order valence-corrected chi connectivity index (χ0v) is 18.3. The molecule has 0 saturated heterocycles. The van der Waals surface area contributed by atoms with Gasteiger partial charge in [-0.15, -0.1) is 0 Å². The van der Waals surface area contributed by atoms with Crippen LogP contribution in [0.5, 0.6) is 5.75 Å². The van der Waals surface area contributed by atoms with Crippen molar-refractivity contribution in [3.63, 3.8) is 0 Å². The summed E-state index contributed by atoms with van der Waals surface area (Å²) in [6.07, 6.45) is 2.17. The Balaban J connectivity index is 1.95. The molecular weight excluding hydrogens is 407 g/mol. The molecule has 0 aromatic heterocycles. The van der Waals surface area contributed by atoms with Crippen molar-refractivity contribution in [2.75, 3.05) is 25.5 Å². The summed E-state index contributed by atoms with van der Waals surface area (Å²) >= 11 is 0. The lowest BCUT2D eigenvalue weighted by Crippen LogP contribution is -2.46. The second kappa shape index (κ2) is 8.73. The molecule has 1 aliphatic carbocycles. The quantitative estimate of drug-likeness (QED) is 0.683. The van der Waals surface area contributed by atoms with Crippen molar-refractivity contribution >= 4 is 21.6 Å². The van der Waals surface area contributed by atoms with Crippen LogP contribution < -0.4 is 10.1 Å². The molecule has 3 rings (SSSR count). The molecule has 1 N–H and O–H groups in total. The van der Waals surface area contributed by atoms with E-state index in [1.165, 1.54) is 41.7 Å². The fourth-order valence-corrected chi connectivity index (χ4v) is 5.33. The van der Waals surface area contributed by atoms with E-state index in [0.29, 0.717) is 37.4 Å². The first-order valence-corrected chi connectivity index (χ1v) is 11.5. The lowest BCUT2D eigenvalue weighted by molar-refractivity contribution is -0.124. The van der Waals surface area contributed by atoms with E-state index in [2.05, 4.69) is 5.32 Å². The van der Waals surface area contributed by atoms with E-state index in [9.17, 15) is 17.6 Å². The summed E-state index contributed by atoms with van der Waals surface area (Å²) in [6, 6.07) is 10.4. The maximum Gasteiger partial charge on any atom is 0.243 e. The average molecular weight is 435 g/mol. The number of nitrogens with one attached hydrogen (secondary N) is 1. The second-order valence-corrected chi connectivity index (χ2v) is 9.29. The van der Waals surface area contributed by atoms with Gasteiger partial charge in [-0.25, -0.2) is 12.8 Å². The highest BCUT2D eigenvalue weighted by Gasteiger charge is 2.45. The van der Waals surface area contributed by atoms with E-state index in [0.717, 1.165) is 12.0 Å². The first-order valence-electron chi connectivity index (χ1n) is 10.0. The Hall–Kier alpha value is -2.45. The first kappa shape index (κ1) is 22.2. The van der Waals surface area contributed by atoms with Crippen LogP contribution in [-0.4, -0.2) is 38.8 Å². The molecule has 0 bridgehead atoms. The number of carbonyl (C=O) groups is 1. The summed E-state index contributed by atoms with van der Waals surface area (Å²) in [7, 11) is -2.22. The largest absolute Gasteiger partial charge is 0.495 e. The third-order valence-electron chi connectivity index (χ3n) is 5.80. The normalized spacial score (nSPS) is 15.5. The van der Waals surface area contributed by atoms with Gasteiger partial charge in [0.2, 0.25) is 15.9 Å². The van der Waals surface area contributed by atoms with Gasteiger partial charge in [0.1, 0.15) is 11.6 Å². The molecule has 2 aromatic rings. The first-order chi connectivity index (χ1) is 14.3. The SMILES string of the molecule is CCN(CC)S(=O)(=O)c1ccc(OC)c(NC(=O)C2(c3ccc(F)cc3)CCC2)c1. The van der Waals surface area contributed by atoms with E-state index in [1.807, 2.05) is 0 Å². The number of amides is 1. The molecule has 6 nitrogen and oxygen atoms in total. The van der Waals surface area contributed by atoms with Crippen molar-refractivity contribution in [3.05, 3.63) is 53.8 Å². The summed E-state index contributed by atoms with van der Waals surface area (Å²) in [6.45, 7) is 4.24. The Morgan fingerprint density at radius 2 is 1.77 bits per heavy atom. The van der Waals surface area contributed by atoms with Crippen molar-refractivity contribution in [1.29, 1.82) is 0 Å². The minimum atomic E-state index is -3.68. The van der Waals surface area contributed by atoms with E-state index in [-0.39, 0.29) is 16.6 Å². The molecule has 2 aromatic carbocycles. The maximum absolute atomic E-state index is 13.3. The fraction of sp³-hybridized carbons (Fsp3) is 0.409. The van der Waals surface area contributed by atoms with E-state index in [4.69, 9.17) is 4.74 Å². The number of carbonyl (C=O) groups excluding carboxylic acids is 1. The zero-order chi connectivity index (χ0) is 21.9. The van der Waals surface area contributed by atoms with Crippen molar-refractivity contribution in [2.45, 2.75) is 43.4 Å². The number of anilines is 1. The highest BCUT2D eigenvalue weighted by molar-refractivity contribution is 7.89. The molecule has 0 heterocycles. The number of hydrogen-bond donors (Lipinski definition) is 1. The van der Waals surface area contributed by atoms with E-state index in [1.54, 1.807) is 26.0 Å². The Morgan fingerprint density at radius 3 is 2.27 bits per heavy atom. The number of methoxy groups -OCH3 is 1. The van der Waals surface area contributed by atoms with E-state index < -0.39 is 15.4 Å². The minimum absolute atomic E-state index is 0.0896. The van der Waals surface area contributed by atoms with Gasteiger partial charge in [0.05, 0.1) is 23.1 Å². The minimum Gasteiger partial charge on any atom is -0.495 e. The monoisotopic (exact) mass is 434 g/mol. The number of benzene rings is 2. The van der Waals surface area contributed by atoms with Gasteiger partial charge in [0, 0.05) is 13.1 Å². The smallest absolute Gasteiger partial charge is 0.243 e. The van der Waals surface area contributed by atoms with Gasteiger partial charge in [-0.2, -0.15) is 4.31 Å². The van der Waals surface area contributed by atoms with Crippen LogP contribution in [0.15, 0.2) is 47.4 Å². The Labute approximate surface area is 177 Å². The molecule has 0 aliphatic heterocycles. The molecule has 30 heavy (non-hydrogen) atoms. The highest BCUT2D eigenvalue weighted by Crippen LogP contribution is 2.45. The van der Waals surface area contributed by atoms with Gasteiger partial charge >= 0.3 is 0 Å². The zero-order valence-electron chi connectivity index (χ0n) is 17.4. The van der Waals surface area contributed by atoms with Gasteiger partial charge in [-0.05, 0) is 48.7 Å². The van der Waals surface area contributed by atoms with Crippen LogP contribution >= 0.6 is 0 Å². The van der Waals surface area contributed by atoms with Gasteiger partial charge in [0.15, 0.2) is 0 Å². The second-order valence-electron chi connectivity index (χ2n) is 7.35. The molecule has 1 saturated carbocycles. The summed E-state index contributed by atoms with van der Waals surface area (Å²) in [4.78, 5) is 13.3. The van der Waals surface area contributed by atoms with Crippen LogP contribution in [0.2, 0.25) is 0 Å². The highest BCUT2D eigenvalue weighted by atomic mass is 32.2. The molecular formula is C22H27FN2O4S. The lowest BCUT2D eigenvalue weighted by Gasteiger charge is -2.40. The number of sulfonamides is 1. The predicted octanol–water partition coefficient (Wildman–Crippen LogP) is 3.93. The van der Waals surface area contributed by atoms with Crippen molar-refractivity contribution in [1.82, 2.24) is 4.31 Å². The summed E-state index contributed by atoms with van der Waals surface area (Å²) in [5.74, 6) is -0.240. The maximum atomic E-state index is 13.3. The predicted molar refractivity (Wildman–Crippen MR) is 114 cm³/mol. The number of ether oxygens (including phenoxy) is 1. The molecule has 0 spiro atoms. The van der Waals surface area contributed by atoms with E-state index >= 15 is 0 Å². The number of hydrogen-bond acceptors (Lipinski definition) is 4. The summed E-state index contributed by atoms with van der Waals surface area (Å²) in [5.41, 5.74) is 0.287. The number of nitrogens with zero attached hydrogens (tertiary/aromatic N) is 1. The molecule has 0 atom stereocenters. The molecule has 0 radical (unpaired) electrons. The number of rotatable bonds is 8. The molecule has 1 amide bonds. The third kappa shape index (κ3) is 3.94. The Bertz CT molecular complexity index is 1010. The Morgan fingerprint density at radius 1 is 1.13 bits per heavy atom. The van der Waals surface area contributed by atoms with Crippen LogP contribution in [0.25, 0.3) is 0 Å². The molecule has 162 valence electrons. The van der Waals surface area contributed by atoms with Gasteiger partial charge in [-0.3, -0.25) is 4.79 Å². The van der Waals surface area contributed by atoms with Gasteiger partial charge < -0.3 is 10.1 Å². The van der Waals surface area contributed by atoms with Crippen molar-refractivity contribution in [3.8, 4) is 5.75 Å². The van der Waals surface area contributed by atoms with Crippen molar-refractivity contribution in [2.24, 2.45) is 0 Å². The number of halogens is 1. The summed E-state index contributed by atoms with van der Waals surface area (Å²) < 4.78 is 45.8. The molecule has 1 aliphatic rings. The topological polar surface area (TPSA) is 75.7 Å². The Kier molecular flexibility index (Phi) is 6.47. The van der Waals surface area contributed by atoms with Crippen LogP contribution in [0.3, 0.4) is 0 Å².